The number of carbonyl (C=O) groups excluding carboxylic acids is 1. The Bertz CT molecular complexity index is 340. The first-order valence-corrected chi connectivity index (χ1v) is 8.31. The molecule has 4 heteroatoms. The number of amides is 1. The molecule has 0 aromatic rings. The van der Waals surface area contributed by atoms with Gasteiger partial charge in [0.05, 0.1) is 6.61 Å². The second-order valence-corrected chi connectivity index (χ2v) is 6.85. The number of likely N-dealkylation sites (N-methyl/N-ethyl adjacent to an activating group) is 1. The van der Waals surface area contributed by atoms with E-state index in [4.69, 9.17) is 4.74 Å². The molecule has 2 saturated heterocycles. The van der Waals surface area contributed by atoms with E-state index in [1.165, 1.54) is 25.7 Å². The van der Waals surface area contributed by atoms with Gasteiger partial charge in [-0.1, -0.05) is 12.8 Å². The standard InChI is InChI=1S/C16H28N2O2/c1-17(12-14-6-11-20-13-14)15(19)16(7-2-3-8-16)18-9-4-5-10-18/h14H,2-13H2,1H3. The van der Waals surface area contributed by atoms with E-state index in [2.05, 4.69) is 4.90 Å². The number of ether oxygens (including phenoxy) is 1. The monoisotopic (exact) mass is 280 g/mol. The van der Waals surface area contributed by atoms with Crippen molar-refractivity contribution >= 4 is 5.91 Å². The Morgan fingerprint density at radius 1 is 1.25 bits per heavy atom. The van der Waals surface area contributed by atoms with Gasteiger partial charge in [0, 0.05) is 26.1 Å². The van der Waals surface area contributed by atoms with Gasteiger partial charge in [0.25, 0.3) is 0 Å². The molecule has 0 aromatic heterocycles. The SMILES string of the molecule is CN(CC1CCOC1)C(=O)C1(N2CCCC2)CCCC1. The maximum absolute atomic E-state index is 13.1. The molecule has 0 aromatic carbocycles. The summed E-state index contributed by atoms with van der Waals surface area (Å²) in [6.45, 7) is 4.80. The molecule has 0 spiro atoms. The molecule has 0 bridgehead atoms. The largest absolute Gasteiger partial charge is 0.381 e. The molecule has 20 heavy (non-hydrogen) atoms. The Morgan fingerprint density at radius 2 is 1.95 bits per heavy atom. The van der Waals surface area contributed by atoms with Gasteiger partial charge in [-0.05, 0) is 45.2 Å². The van der Waals surface area contributed by atoms with Crippen LogP contribution in [-0.2, 0) is 9.53 Å². The number of carbonyl (C=O) groups is 1. The first-order chi connectivity index (χ1) is 9.72. The van der Waals surface area contributed by atoms with Crippen molar-refractivity contribution < 1.29 is 9.53 Å². The molecule has 1 atom stereocenters. The fourth-order valence-corrected chi connectivity index (χ4v) is 4.32. The lowest BCUT2D eigenvalue weighted by Crippen LogP contribution is -2.57. The van der Waals surface area contributed by atoms with E-state index < -0.39 is 0 Å². The van der Waals surface area contributed by atoms with Gasteiger partial charge in [0.1, 0.15) is 5.54 Å². The van der Waals surface area contributed by atoms with Crippen molar-refractivity contribution in [1.82, 2.24) is 9.80 Å². The van der Waals surface area contributed by atoms with Crippen LogP contribution in [0.15, 0.2) is 0 Å². The summed E-state index contributed by atoms with van der Waals surface area (Å²) in [4.78, 5) is 17.6. The van der Waals surface area contributed by atoms with Crippen molar-refractivity contribution in [2.24, 2.45) is 5.92 Å². The van der Waals surface area contributed by atoms with Crippen LogP contribution >= 0.6 is 0 Å². The maximum atomic E-state index is 13.1. The number of hydrogen-bond acceptors (Lipinski definition) is 3. The Morgan fingerprint density at radius 3 is 2.55 bits per heavy atom. The van der Waals surface area contributed by atoms with Gasteiger partial charge in [-0.2, -0.15) is 0 Å². The third kappa shape index (κ3) is 2.60. The van der Waals surface area contributed by atoms with Gasteiger partial charge in [-0.3, -0.25) is 9.69 Å². The minimum absolute atomic E-state index is 0.162. The average Bonchev–Trinajstić information content (AvgIpc) is 3.19. The molecule has 3 aliphatic rings. The summed E-state index contributed by atoms with van der Waals surface area (Å²) in [6.07, 6.45) is 8.18. The Kier molecular flexibility index (Phi) is 4.32. The minimum Gasteiger partial charge on any atom is -0.381 e. The first kappa shape index (κ1) is 14.3. The summed E-state index contributed by atoms with van der Waals surface area (Å²) in [7, 11) is 2.00. The fraction of sp³-hybridized carbons (Fsp3) is 0.938. The molecule has 2 heterocycles. The Balaban J connectivity index is 1.68. The van der Waals surface area contributed by atoms with Gasteiger partial charge < -0.3 is 9.64 Å². The molecular formula is C16H28N2O2. The molecule has 1 amide bonds. The second kappa shape index (κ2) is 6.02. The summed E-state index contributed by atoms with van der Waals surface area (Å²) in [5, 5.41) is 0. The summed E-state index contributed by atoms with van der Waals surface area (Å²) in [5.41, 5.74) is -0.162. The second-order valence-electron chi connectivity index (χ2n) is 6.85. The van der Waals surface area contributed by atoms with Crippen molar-refractivity contribution in [2.45, 2.75) is 50.5 Å². The van der Waals surface area contributed by atoms with Crippen LogP contribution in [-0.4, -0.2) is 61.1 Å². The summed E-state index contributed by atoms with van der Waals surface area (Å²) in [6, 6.07) is 0. The van der Waals surface area contributed by atoms with Crippen molar-refractivity contribution in [3.63, 3.8) is 0 Å². The van der Waals surface area contributed by atoms with E-state index in [9.17, 15) is 4.79 Å². The van der Waals surface area contributed by atoms with Gasteiger partial charge in [-0.25, -0.2) is 0 Å². The molecule has 4 nitrogen and oxygen atoms in total. The van der Waals surface area contributed by atoms with Crippen LogP contribution in [0, 0.1) is 5.92 Å². The highest BCUT2D eigenvalue weighted by Gasteiger charge is 2.48. The van der Waals surface area contributed by atoms with Crippen LogP contribution in [0.3, 0.4) is 0 Å². The van der Waals surface area contributed by atoms with E-state index in [1.807, 2.05) is 11.9 Å². The Hall–Kier alpha value is -0.610. The number of rotatable bonds is 4. The minimum atomic E-state index is -0.162. The zero-order chi connectivity index (χ0) is 14.0. The highest BCUT2D eigenvalue weighted by atomic mass is 16.5. The fourth-order valence-electron chi connectivity index (χ4n) is 4.32. The van der Waals surface area contributed by atoms with E-state index in [0.29, 0.717) is 11.8 Å². The first-order valence-electron chi connectivity index (χ1n) is 8.31. The molecule has 1 aliphatic carbocycles. The van der Waals surface area contributed by atoms with E-state index in [1.54, 1.807) is 0 Å². The summed E-state index contributed by atoms with van der Waals surface area (Å²) in [5.74, 6) is 0.921. The Labute approximate surface area is 122 Å². The molecule has 114 valence electrons. The maximum Gasteiger partial charge on any atom is 0.242 e. The van der Waals surface area contributed by atoms with Gasteiger partial charge in [0.15, 0.2) is 0 Å². The highest BCUT2D eigenvalue weighted by molar-refractivity contribution is 5.86. The zero-order valence-electron chi connectivity index (χ0n) is 12.8. The quantitative estimate of drug-likeness (QED) is 0.788. The van der Waals surface area contributed by atoms with Crippen molar-refractivity contribution in [1.29, 1.82) is 0 Å². The summed E-state index contributed by atoms with van der Waals surface area (Å²) >= 11 is 0. The van der Waals surface area contributed by atoms with E-state index >= 15 is 0 Å². The van der Waals surface area contributed by atoms with Crippen LogP contribution in [0.2, 0.25) is 0 Å². The third-order valence-electron chi connectivity index (χ3n) is 5.44. The van der Waals surface area contributed by atoms with E-state index in [0.717, 1.165) is 52.1 Å². The average molecular weight is 280 g/mol. The van der Waals surface area contributed by atoms with Crippen LogP contribution < -0.4 is 0 Å². The molecule has 3 fully saturated rings. The molecule has 2 aliphatic heterocycles. The van der Waals surface area contributed by atoms with Crippen molar-refractivity contribution in [3.8, 4) is 0 Å². The van der Waals surface area contributed by atoms with Crippen molar-refractivity contribution in [2.75, 3.05) is 39.9 Å². The van der Waals surface area contributed by atoms with Crippen molar-refractivity contribution in [3.05, 3.63) is 0 Å². The number of nitrogens with zero attached hydrogens (tertiary/aromatic N) is 2. The molecule has 0 N–H and O–H groups in total. The smallest absolute Gasteiger partial charge is 0.242 e. The summed E-state index contributed by atoms with van der Waals surface area (Å²) < 4.78 is 5.44. The van der Waals surface area contributed by atoms with Gasteiger partial charge in [-0.15, -0.1) is 0 Å². The predicted octanol–water partition coefficient (Wildman–Crippen LogP) is 1.89. The van der Waals surface area contributed by atoms with Crippen LogP contribution in [0.4, 0.5) is 0 Å². The molecule has 1 saturated carbocycles. The lowest BCUT2D eigenvalue weighted by molar-refractivity contribution is -0.143. The lowest BCUT2D eigenvalue weighted by atomic mass is 9.93. The van der Waals surface area contributed by atoms with Crippen LogP contribution in [0.1, 0.15) is 44.9 Å². The van der Waals surface area contributed by atoms with E-state index in [-0.39, 0.29) is 5.54 Å². The topological polar surface area (TPSA) is 32.8 Å². The number of hydrogen-bond donors (Lipinski definition) is 0. The zero-order valence-corrected chi connectivity index (χ0v) is 12.8. The normalized spacial score (nSPS) is 29.9. The highest BCUT2D eigenvalue weighted by Crippen LogP contribution is 2.39. The third-order valence-corrected chi connectivity index (χ3v) is 5.44. The van der Waals surface area contributed by atoms with Crippen LogP contribution in [0.5, 0.6) is 0 Å². The van der Waals surface area contributed by atoms with Gasteiger partial charge >= 0.3 is 0 Å². The van der Waals surface area contributed by atoms with Crippen LogP contribution in [0.25, 0.3) is 0 Å². The molecule has 1 unspecified atom stereocenters. The van der Waals surface area contributed by atoms with Gasteiger partial charge in [0.2, 0.25) is 5.91 Å². The predicted molar refractivity (Wildman–Crippen MR) is 78.6 cm³/mol. The molecule has 3 rings (SSSR count). The molecular weight excluding hydrogens is 252 g/mol. The molecule has 0 radical (unpaired) electrons. The number of likely N-dealkylation sites (tertiary alicyclic amines) is 1. The lowest BCUT2D eigenvalue weighted by Gasteiger charge is -2.40.